The molecule has 0 saturated carbocycles. The van der Waals surface area contributed by atoms with E-state index in [1.165, 1.54) is 31.4 Å². The zero-order valence-electron chi connectivity index (χ0n) is 20.0. The number of aromatic nitrogens is 1. The summed E-state index contributed by atoms with van der Waals surface area (Å²) in [5.41, 5.74) is 13.0. The first-order valence-electron chi connectivity index (χ1n) is 10.5. The first-order chi connectivity index (χ1) is 16.7. The fraction of sp³-hybridized carbons (Fsp3) is 0.250. The fourth-order valence-corrected chi connectivity index (χ4v) is 3.52. The minimum atomic E-state index is -0.432. The standard InChI is InChI=1S/C9H11FO.C9H7NS2.C6H14N4O2/c1-3-7-4-5-9(11-2)8(10)6-7;11-9-5-4-8(12-9)7-3-1-2-6-10-7;1-12-6(11)4-10(9)3-5(8)2-7/h4-6H,3H2,1-2H3;1-6,11H;3H,2,4,7-9H2,1H3/b;;5-3-. The van der Waals surface area contributed by atoms with Gasteiger partial charge in [0.25, 0.3) is 0 Å². The Kier molecular flexibility index (Phi) is 14.1. The number of carbonyl (C=O) groups is 1. The number of benzene rings is 1. The molecule has 35 heavy (non-hydrogen) atoms. The summed E-state index contributed by atoms with van der Waals surface area (Å²) in [6.45, 7) is 2.15. The van der Waals surface area contributed by atoms with Crippen LogP contribution in [-0.4, -0.2) is 43.3 Å². The third-order valence-corrected chi connectivity index (χ3v) is 5.57. The van der Waals surface area contributed by atoms with Crippen molar-refractivity contribution in [3.05, 3.63) is 78.0 Å². The summed E-state index contributed by atoms with van der Waals surface area (Å²) in [6.07, 6.45) is 4.03. The number of halogens is 1. The second kappa shape index (κ2) is 16.5. The molecule has 11 heteroatoms. The molecule has 2 heterocycles. The van der Waals surface area contributed by atoms with Gasteiger partial charge in [-0.15, -0.1) is 24.0 Å². The Morgan fingerprint density at radius 2 is 1.97 bits per heavy atom. The molecular weight excluding hydrogens is 489 g/mol. The number of methoxy groups -OCH3 is 2. The van der Waals surface area contributed by atoms with Crippen molar-refractivity contribution in [2.75, 3.05) is 27.3 Å². The van der Waals surface area contributed by atoms with Crippen molar-refractivity contribution in [1.29, 1.82) is 0 Å². The summed E-state index contributed by atoms with van der Waals surface area (Å²) in [4.78, 5) is 16.1. The van der Waals surface area contributed by atoms with E-state index in [1.54, 1.807) is 23.6 Å². The van der Waals surface area contributed by atoms with Gasteiger partial charge in [-0.1, -0.05) is 19.1 Å². The normalized spacial score (nSPS) is 10.3. The average molecular weight is 522 g/mol. The minimum absolute atomic E-state index is 0.0444. The van der Waals surface area contributed by atoms with Crippen LogP contribution in [0, 0.1) is 5.82 Å². The lowest BCUT2D eigenvalue weighted by atomic mass is 10.1. The predicted molar refractivity (Wildman–Crippen MR) is 141 cm³/mol. The molecule has 0 saturated heterocycles. The highest BCUT2D eigenvalue weighted by molar-refractivity contribution is 7.83. The third kappa shape index (κ3) is 11.7. The first kappa shape index (κ1) is 29.9. The summed E-state index contributed by atoms with van der Waals surface area (Å²) in [5, 5.41) is 1.12. The SMILES string of the molecule is CCc1ccc(OC)c(F)c1.COC(=O)CN(N)/C=C(\N)CN.Sc1ccc(-c2ccccn2)s1. The van der Waals surface area contributed by atoms with Gasteiger partial charge >= 0.3 is 5.97 Å². The number of nitrogens with two attached hydrogens (primary N) is 3. The Morgan fingerprint density at radius 3 is 2.46 bits per heavy atom. The molecule has 0 spiro atoms. The van der Waals surface area contributed by atoms with E-state index in [9.17, 15) is 9.18 Å². The Morgan fingerprint density at radius 1 is 1.23 bits per heavy atom. The number of hydrogen-bond donors (Lipinski definition) is 4. The molecular formula is C24H32FN5O3S2. The van der Waals surface area contributed by atoms with Gasteiger partial charge in [0.05, 0.1) is 29.0 Å². The summed E-state index contributed by atoms with van der Waals surface area (Å²) in [7, 11) is 2.75. The first-order valence-corrected chi connectivity index (χ1v) is 11.8. The number of aryl methyl sites for hydroxylation is 1. The maximum absolute atomic E-state index is 12.9. The monoisotopic (exact) mass is 521 g/mol. The number of carbonyl (C=O) groups excluding carboxylic acids is 1. The number of nitrogens with zero attached hydrogens (tertiary/aromatic N) is 2. The van der Waals surface area contributed by atoms with E-state index in [4.69, 9.17) is 22.0 Å². The molecule has 0 fully saturated rings. The van der Waals surface area contributed by atoms with Crippen LogP contribution in [0.3, 0.4) is 0 Å². The van der Waals surface area contributed by atoms with Crippen LogP contribution in [0.25, 0.3) is 10.6 Å². The van der Waals surface area contributed by atoms with E-state index in [-0.39, 0.29) is 18.9 Å². The van der Waals surface area contributed by atoms with E-state index < -0.39 is 5.97 Å². The van der Waals surface area contributed by atoms with Gasteiger partial charge in [0, 0.05) is 24.6 Å². The number of thiophene rings is 1. The summed E-state index contributed by atoms with van der Waals surface area (Å²) in [5.74, 6) is 4.94. The molecule has 8 nitrogen and oxygen atoms in total. The summed E-state index contributed by atoms with van der Waals surface area (Å²) < 4.78 is 23.1. The molecule has 1 aromatic carbocycles. The molecule has 0 aliphatic heterocycles. The van der Waals surface area contributed by atoms with Crippen LogP contribution in [0.15, 0.2) is 70.8 Å². The fourth-order valence-electron chi connectivity index (χ4n) is 2.43. The van der Waals surface area contributed by atoms with Crippen molar-refractivity contribution in [3.63, 3.8) is 0 Å². The maximum Gasteiger partial charge on any atom is 0.326 e. The van der Waals surface area contributed by atoms with Crippen LogP contribution < -0.4 is 22.0 Å². The van der Waals surface area contributed by atoms with Crippen molar-refractivity contribution in [1.82, 2.24) is 9.99 Å². The lowest BCUT2D eigenvalue weighted by Crippen LogP contribution is -2.33. The van der Waals surface area contributed by atoms with Crippen LogP contribution in [-0.2, 0) is 16.0 Å². The number of esters is 1. The van der Waals surface area contributed by atoms with Gasteiger partial charge in [-0.2, -0.15) is 0 Å². The molecule has 0 aliphatic carbocycles. The molecule has 0 amide bonds. The minimum Gasteiger partial charge on any atom is -0.494 e. The Labute approximate surface area is 214 Å². The van der Waals surface area contributed by atoms with Gasteiger partial charge in [0.15, 0.2) is 11.6 Å². The highest BCUT2D eigenvalue weighted by atomic mass is 32.2. The van der Waals surface area contributed by atoms with Crippen molar-refractivity contribution in [3.8, 4) is 16.3 Å². The van der Waals surface area contributed by atoms with Gasteiger partial charge in [-0.25, -0.2) is 10.2 Å². The van der Waals surface area contributed by atoms with E-state index in [2.05, 4.69) is 22.3 Å². The maximum atomic E-state index is 12.9. The lowest BCUT2D eigenvalue weighted by molar-refractivity contribution is -0.141. The molecule has 6 N–H and O–H groups in total. The van der Waals surface area contributed by atoms with Crippen molar-refractivity contribution >= 4 is 29.9 Å². The van der Waals surface area contributed by atoms with E-state index in [0.29, 0.717) is 11.4 Å². The Hall–Kier alpha value is -3.12. The van der Waals surface area contributed by atoms with Gasteiger partial charge in [0.1, 0.15) is 6.54 Å². The summed E-state index contributed by atoms with van der Waals surface area (Å²) in [6, 6.07) is 14.9. The highest BCUT2D eigenvalue weighted by Gasteiger charge is 2.03. The third-order valence-electron chi connectivity index (χ3n) is 4.24. The molecule has 190 valence electrons. The smallest absolute Gasteiger partial charge is 0.326 e. The molecule has 3 rings (SSSR count). The number of rotatable bonds is 7. The second-order valence-corrected chi connectivity index (χ2v) is 8.70. The zero-order chi connectivity index (χ0) is 26.2. The highest BCUT2D eigenvalue weighted by Crippen LogP contribution is 2.28. The molecule has 0 atom stereocenters. The number of thiol groups is 1. The van der Waals surface area contributed by atoms with Crippen LogP contribution >= 0.6 is 24.0 Å². The number of ether oxygens (including phenoxy) is 2. The second-order valence-electron chi connectivity index (χ2n) is 6.83. The molecule has 0 aliphatic rings. The topological polar surface area (TPSA) is 130 Å². The average Bonchev–Trinajstić information content (AvgIpc) is 3.31. The van der Waals surface area contributed by atoms with Crippen LogP contribution in [0.4, 0.5) is 4.39 Å². The number of hydrazine groups is 1. The van der Waals surface area contributed by atoms with Gasteiger partial charge < -0.3 is 25.9 Å². The van der Waals surface area contributed by atoms with Crippen molar-refractivity contribution in [2.24, 2.45) is 17.3 Å². The van der Waals surface area contributed by atoms with E-state index in [0.717, 1.165) is 26.9 Å². The summed E-state index contributed by atoms with van der Waals surface area (Å²) >= 11 is 5.89. The Balaban J connectivity index is 0.000000263. The molecule has 0 unspecified atom stereocenters. The number of pyridine rings is 1. The molecule has 0 bridgehead atoms. The van der Waals surface area contributed by atoms with Crippen molar-refractivity contribution < 1.29 is 18.7 Å². The predicted octanol–water partition coefficient (Wildman–Crippen LogP) is 3.59. The van der Waals surface area contributed by atoms with Gasteiger partial charge in [-0.3, -0.25) is 9.78 Å². The molecule has 3 aromatic rings. The quantitative estimate of drug-likeness (QED) is 0.161. The van der Waals surface area contributed by atoms with Crippen LogP contribution in [0.5, 0.6) is 5.75 Å². The molecule has 2 aromatic heterocycles. The van der Waals surface area contributed by atoms with Crippen LogP contribution in [0.2, 0.25) is 0 Å². The van der Waals surface area contributed by atoms with Gasteiger partial charge in [-0.05, 0) is 48.4 Å². The Bertz CT molecular complexity index is 1060. The zero-order valence-corrected chi connectivity index (χ0v) is 21.7. The largest absolute Gasteiger partial charge is 0.494 e. The molecule has 0 radical (unpaired) electrons. The lowest BCUT2D eigenvalue weighted by Gasteiger charge is -2.12. The van der Waals surface area contributed by atoms with Gasteiger partial charge in [0.2, 0.25) is 0 Å². The van der Waals surface area contributed by atoms with E-state index >= 15 is 0 Å². The van der Waals surface area contributed by atoms with Crippen LogP contribution in [0.1, 0.15) is 12.5 Å². The van der Waals surface area contributed by atoms with E-state index in [1.807, 2.05) is 43.3 Å². The number of hydrogen-bond acceptors (Lipinski definition) is 10. The van der Waals surface area contributed by atoms with Crippen molar-refractivity contribution in [2.45, 2.75) is 17.6 Å².